The van der Waals surface area contributed by atoms with E-state index in [0.717, 1.165) is 12.8 Å². The van der Waals surface area contributed by atoms with E-state index in [1.807, 2.05) is 0 Å². The van der Waals surface area contributed by atoms with E-state index in [0.29, 0.717) is 24.5 Å². The van der Waals surface area contributed by atoms with Crippen LogP contribution in [0.1, 0.15) is 23.2 Å². The quantitative estimate of drug-likeness (QED) is 0.844. The van der Waals surface area contributed by atoms with E-state index >= 15 is 0 Å². The van der Waals surface area contributed by atoms with Gasteiger partial charge in [-0.25, -0.2) is 9.78 Å². The highest BCUT2D eigenvalue weighted by molar-refractivity contribution is 5.93. The van der Waals surface area contributed by atoms with Gasteiger partial charge in [0.25, 0.3) is 5.91 Å². The van der Waals surface area contributed by atoms with Crippen LogP contribution in [0.4, 0.5) is 4.79 Å². The maximum Gasteiger partial charge on any atom is 0.409 e. The van der Waals surface area contributed by atoms with Crippen LogP contribution in [0.5, 0.6) is 5.88 Å². The predicted octanol–water partition coefficient (Wildman–Crippen LogP) is 1.39. The number of carbonyl (C=O) groups is 2. The van der Waals surface area contributed by atoms with E-state index < -0.39 is 0 Å². The molecule has 1 aliphatic heterocycles. The number of amides is 2. The summed E-state index contributed by atoms with van der Waals surface area (Å²) in [5, 5.41) is 0. The second kappa shape index (κ2) is 7.11. The zero-order valence-corrected chi connectivity index (χ0v) is 13.1. The molecule has 1 fully saturated rings. The molecule has 0 radical (unpaired) electrons. The predicted molar refractivity (Wildman–Crippen MR) is 79.9 cm³/mol. The van der Waals surface area contributed by atoms with Crippen LogP contribution in [0.25, 0.3) is 0 Å². The van der Waals surface area contributed by atoms with Gasteiger partial charge in [0.2, 0.25) is 5.88 Å². The number of likely N-dealkylation sites (tertiary alicyclic amines) is 1. The highest BCUT2D eigenvalue weighted by atomic mass is 16.5. The molecular formula is C15H21N3O4. The van der Waals surface area contributed by atoms with Gasteiger partial charge in [-0.2, -0.15) is 0 Å². The Balaban J connectivity index is 1.87. The van der Waals surface area contributed by atoms with Crippen molar-refractivity contribution >= 4 is 12.0 Å². The van der Waals surface area contributed by atoms with Crippen LogP contribution in [-0.2, 0) is 4.74 Å². The molecule has 2 heterocycles. The fraction of sp³-hybridized carbons (Fsp3) is 0.533. The van der Waals surface area contributed by atoms with Gasteiger partial charge in [-0.15, -0.1) is 0 Å². The summed E-state index contributed by atoms with van der Waals surface area (Å²) >= 11 is 0. The Morgan fingerprint density at radius 1 is 1.27 bits per heavy atom. The minimum absolute atomic E-state index is 0.0174. The maximum absolute atomic E-state index is 11.8. The Kier molecular flexibility index (Phi) is 5.19. The van der Waals surface area contributed by atoms with Gasteiger partial charge < -0.3 is 19.3 Å². The molecule has 2 amide bonds. The first-order valence-corrected chi connectivity index (χ1v) is 7.18. The van der Waals surface area contributed by atoms with Gasteiger partial charge in [0.1, 0.15) is 6.10 Å². The Labute approximate surface area is 129 Å². The first kappa shape index (κ1) is 16.1. The van der Waals surface area contributed by atoms with Crippen molar-refractivity contribution in [3.63, 3.8) is 0 Å². The fourth-order valence-electron chi connectivity index (χ4n) is 2.29. The van der Waals surface area contributed by atoms with Gasteiger partial charge in [0.05, 0.1) is 12.7 Å². The molecule has 0 unspecified atom stereocenters. The second-order valence-electron chi connectivity index (χ2n) is 5.36. The van der Waals surface area contributed by atoms with Gasteiger partial charge >= 0.3 is 6.09 Å². The summed E-state index contributed by atoms with van der Waals surface area (Å²) in [5.74, 6) is 0.400. The third-order valence-corrected chi connectivity index (χ3v) is 3.55. The van der Waals surface area contributed by atoms with E-state index in [1.54, 1.807) is 31.1 Å². The molecule has 1 saturated heterocycles. The molecule has 0 bridgehead atoms. The van der Waals surface area contributed by atoms with E-state index in [4.69, 9.17) is 9.47 Å². The van der Waals surface area contributed by atoms with Crippen molar-refractivity contribution in [3.8, 4) is 5.88 Å². The molecule has 22 heavy (non-hydrogen) atoms. The minimum atomic E-state index is -0.303. The number of hydrogen-bond donors (Lipinski definition) is 0. The second-order valence-corrected chi connectivity index (χ2v) is 5.36. The zero-order chi connectivity index (χ0) is 16.1. The average molecular weight is 307 g/mol. The number of nitrogens with zero attached hydrogens (tertiary/aromatic N) is 3. The number of carbonyl (C=O) groups excluding carboxylic acids is 2. The van der Waals surface area contributed by atoms with Crippen molar-refractivity contribution in [1.29, 1.82) is 0 Å². The largest absolute Gasteiger partial charge is 0.474 e. The van der Waals surface area contributed by atoms with E-state index in [9.17, 15) is 9.59 Å². The molecule has 0 atom stereocenters. The molecular weight excluding hydrogens is 286 g/mol. The van der Waals surface area contributed by atoms with Crippen molar-refractivity contribution in [2.45, 2.75) is 18.9 Å². The summed E-state index contributed by atoms with van der Waals surface area (Å²) in [5.41, 5.74) is 0.526. The van der Waals surface area contributed by atoms with Gasteiger partial charge in [0.15, 0.2) is 0 Å². The lowest BCUT2D eigenvalue weighted by atomic mass is 10.1. The molecule has 0 N–H and O–H groups in total. The molecule has 7 heteroatoms. The summed E-state index contributed by atoms with van der Waals surface area (Å²) in [6.07, 6.45) is 2.69. The minimum Gasteiger partial charge on any atom is -0.474 e. The van der Waals surface area contributed by atoms with Gasteiger partial charge in [0, 0.05) is 52.3 Å². The summed E-state index contributed by atoms with van der Waals surface area (Å²) in [4.78, 5) is 30.5. The highest BCUT2D eigenvalue weighted by Crippen LogP contribution is 2.18. The van der Waals surface area contributed by atoms with Crippen LogP contribution in [0.15, 0.2) is 18.3 Å². The van der Waals surface area contributed by atoms with Crippen LogP contribution in [0, 0.1) is 0 Å². The Hall–Kier alpha value is -2.31. The molecule has 1 aromatic rings. The average Bonchev–Trinajstić information content (AvgIpc) is 2.54. The summed E-state index contributed by atoms with van der Waals surface area (Å²) in [6.45, 7) is 1.21. The molecule has 7 nitrogen and oxygen atoms in total. The van der Waals surface area contributed by atoms with E-state index in [1.165, 1.54) is 18.2 Å². The van der Waals surface area contributed by atoms with Gasteiger partial charge in [-0.05, 0) is 6.07 Å². The maximum atomic E-state index is 11.8. The van der Waals surface area contributed by atoms with Crippen LogP contribution in [0.2, 0.25) is 0 Å². The van der Waals surface area contributed by atoms with Crippen molar-refractivity contribution in [3.05, 3.63) is 23.9 Å². The number of piperidine rings is 1. The van der Waals surface area contributed by atoms with Crippen LogP contribution >= 0.6 is 0 Å². The SMILES string of the molecule is COC(=O)N1CCC(Oc2ccc(C(=O)N(C)C)cn2)CC1. The van der Waals surface area contributed by atoms with Crippen molar-refractivity contribution in [1.82, 2.24) is 14.8 Å². The summed E-state index contributed by atoms with van der Waals surface area (Å²) in [7, 11) is 4.77. The third kappa shape index (κ3) is 3.87. The van der Waals surface area contributed by atoms with Crippen LogP contribution in [0.3, 0.4) is 0 Å². The lowest BCUT2D eigenvalue weighted by molar-refractivity contribution is 0.0772. The number of aromatic nitrogens is 1. The summed E-state index contributed by atoms with van der Waals surface area (Å²) < 4.78 is 10.5. The van der Waals surface area contributed by atoms with Crippen LogP contribution in [-0.4, -0.2) is 67.2 Å². The molecule has 0 aliphatic carbocycles. The smallest absolute Gasteiger partial charge is 0.409 e. The standard InChI is InChI=1S/C15H21N3O4/c1-17(2)14(19)11-4-5-13(16-10-11)22-12-6-8-18(9-7-12)15(20)21-3/h4-5,10,12H,6-9H2,1-3H3. The monoisotopic (exact) mass is 307 g/mol. The Morgan fingerprint density at radius 3 is 2.45 bits per heavy atom. The molecule has 1 aromatic heterocycles. The fourth-order valence-corrected chi connectivity index (χ4v) is 2.29. The summed E-state index contributed by atoms with van der Waals surface area (Å²) in [6, 6.07) is 3.40. The van der Waals surface area contributed by atoms with Crippen molar-refractivity contribution < 1.29 is 19.1 Å². The van der Waals surface area contributed by atoms with Crippen molar-refractivity contribution in [2.75, 3.05) is 34.3 Å². The third-order valence-electron chi connectivity index (χ3n) is 3.55. The normalized spacial score (nSPS) is 15.3. The number of hydrogen-bond acceptors (Lipinski definition) is 5. The zero-order valence-electron chi connectivity index (χ0n) is 13.1. The highest BCUT2D eigenvalue weighted by Gasteiger charge is 2.24. The van der Waals surface area contributed by atoms with Gasteiger partial charge in [-0.3, -0.25) is 4.79 Å². The Morgan fingerprint density at radius 2 is 1.95 bits per heavy atom. The first-order valence-electron chi connectivity index (χ1n) is 7.18. The van der Waals surface area contributed by atoms with Crippen molar-refractivity contribution in [2.24, 2.45) is 0 Å². The van der Waals surface area contributed by atoms with Gasteiger partial charge in [-0.1, -0.05) is 0 Å². The van der Waals surface area contributed by atoms with E-state index in [-0.39, 0.29) is 18.1 Å². The lowest BCUT2D eigenvalue weighted by Gasteiger charge is -2.30. The molecule has 0 aromatic carbocycles. The number of ether oxygens (including phenoxy) is 2. The molecule has 0 saturated carbocycles. The topological polar surface area (TPSA) is 72.0 Å². The number of rotatable bonds is 3. The molecule has 2 rings (SSSR count). The molecule has 1 aliphatic rings. The molecule has 0 spiro atoms. The molecule has 120 valence electrons. The van der Waals surface area contributed by atoms with E-state index in [2.05, 4.69) is 4.98 Å². The number of pyridine rings is 1. The Bertz CT molecular complexity index is 522. The van der Waals surface area contributed by atoms with Crippen LogP contribution < -0.4 is 4.74 Å². The lowest BCUT2D eigenvalue weighted by Crippen LogP contribution is -2.41. The number of methoxy groups -OCH3 is 1. The first-order chi connectivity index (χ1) is 10.5.